The van der Waals surface area contributed by atoms with Crippen molar-refractivity contribution < 1.29 is 26.7 Å². The molecule has 0 aliphatic carbocycles. The van der Waals surface area contributed by atoms with E-state index in [2.05, 4.69) is 11.6 Å². The molecule has 1 amide bonds. The molecule has 0 fully saturated rings. The van der Waals surface area contributed by atoms with Crippen LogP contribution in [-0.2, 0) is 17.1 Å². The first-order chi connectivity index (χ1) is 14.2. The fourth-order valence-electron chi connectivity index (χ4n) is 3.30. The van der Waals surface area contributed by atoms with E-state index in [0.29, 0.717) is 16.8 Å². The number of halogens is 5. The Kier molecular flexibility index (Phi) is 7.24. The lowest BCUT2D eigenvalue weighted by Crippen LogP contribution is -2.33. The number of carbonyl (C=O) groups excluding carboxylic acids is 1. The fourth-order valence-corrected chi connectivity index (χ4v) is 3.30. The second-order valence-corrected chi connectivity index (χ2v) is 7.80. The Morgan fingerprint density at radius 2 is 1.77 bits per heavy atom. The third-order valence-corrected chi connectivity index (χ3v) is 5.15. The van der Waals surface area contributed by atoms with E-state index in [1.165, 1.54) is 42.4 Å². The van der Waals surface area contributed by atoms with Gasteiger partial charge in [0.2, 0.25) is 5.91 Å². The van der Waals surface area contributed by atoms with E-state index in [9.17, 15) is 26.7 Å². The lowest BCUT2D eigenvalue weighted by molar-refractivity contribution is -0.130. The van der Waals surface area contributed by atoms with Crippen molar-refractivity contribution in [1.82, 2.24) is 9.88 Å². The minimum Gasteiger partial charge on any atom is -0.320 e. The number of hydrogen-bond donors (Lipinski definition) is 0. The van der Waals surface area contributed by atoms with E-state index >= 15 is 0 Å². The highest BCUT2D eigenvalue weighted by molar-refractivity contribution is 5.86. The summed E-state index contributed by atoms with van der Waals surface area (Å²) in [5.41, 5.74) is 1.03. The smallest absolute Gasteiger partial charge is 0.320 e. The quantitative estimate of drug-likeness (QED) is 0.482. The van der Waals surface area contributed by atoms with Crippen molar-refractivity contribution in [3.05, 3.63) is 77.3 Å². The first-order valence-corrected chi connectivity index (χ1v) is 9.63. The lowest BCUT2D eigenvalue weighted by Gasteiger charge is -2.29. The summed E-state index contributed by atoms with van der Waals surface area (Å²) < 4.78 is 65.5. The van der Waals surface area contributed by atoms with Crippen LogP contribution in [-0.4, -0.2) is 29.0 Å². The molecule has 0 unspecified atom stereocenters. The summed E-state index contributed by atoms with van der Waals surface area (Å²) in [4.78, 5) is 18.3. The zero-order valence-electron chi connectivity index (χ0n) is 17.8. The van der Waals surface area contributed by atoms with Gasteiger partial charge in [-0.2, -0.15) is 22.0 Å². The van der Waals surface area contributed by atoms with Crippen molar-refractivity contribution in [3.63, 3.8) is 0 Å². The number of amides is 1. The average molecular weight is 440 g/mol. The number of carbonyl (C=O) groups is 1. The maximum atomic E-state index is 13.5. The molecule has 0 saturated carbocycles. The summed E-state index contributed by atoms with van der Waals surface area (Å²) in [6.45, 7) is 7.83. The van der Waals surface area contributed by atoms with Gasteiger partial charge in [-0.25, -0.2) is 0 Å². The summed E-state index contributed by atoms with van der Waals surface area (Å²) in [6, 6.07) is 8.51. The number of pyridine rings is 1. The molecule has 2 rings (SSSR count). The van der Waals surface area contributed by atoms with Crippen LogP contribution in [0, 0.1) is 0 Å². The van der Waals surface area contributed by atoms with E-state index in [4.69, 9.17) is 0 Å². The molecule has 2 aromatic rings. The molecule has 0 radical (unpaired) electrons. The van der Waals surface area contributed by atoms with E-state index < -0.39 is 36.0 Å². The van der Waals surface area contributed by atoms with Crippen LogP contribution in [0.15, 0.2) is 54.9 Å². The van der Waals surface area contributed by atoms with Crippen molar-refractivity contribution in [2.45, 2.75) is 51.1 Å². The maximum absolute atomic E-state index is 13.5. The minimum atomic E-state index is -4.36. The number of rotatable bonds is 7. The molecule has 0 spiro atoms. The van der Waals surface area contributed by atoms with Gasteiger partial charge in [0.25, 0.3) is 5.92 Å². The van der Waals surface area contributed by atoms with Crippen LogP contribution in [0.25, 0.3) is 0 Å². The Balaban J connectivity index is 2.49. The number of likely N-dealkylation sites (N-methyl/N-ethyl adjacent to an activating group) is 1. The molecule has 3 nitrogen and oxygen atoms in total. The van der Waals surface area contributed by atoms with Crippen molar-refractivity contribution in [2.24, 2.45) is 0 Å². The third-order valence-electron chi connectivity index (χ3n) is 5.15. The predicted molar refractivity (Wildman–Crippen MR) is 109 cm³/mol. The molecule has 8 heteroatoms. The molecule has 0 saturated heterocycles. The van der Waals surface area contributed by atoms with Crippen molar-refractivity contribution in [1.29, 1.82) is 0 Å². The van der Waals surface area contributed by atoms with Gasteiger partial charge in [0.15, 0.2) is 0 Å². The molecule has 0 bridgehead atoms. The second kappa shape index (κ2) is 9.16. The van der Waals surface area contributed by atoms with Gasteiger partial charge in [0.1, 0.15) is 5.69 Å². The van der Waals surface area contributed by atoms with Crippen molar-refractivity contribution in [2.75, 3.05) is 7.05 Å². The first kappa shape index (κ1) is 24.5. The number of aromatic nitrogens is 1. The van der Waals surface area contributed by atoms with E-state index in [0.717, 1.165) is 13.0 Å². The third kappa shape index (κ3) is 6.35. The maximum Gasteiger partial charge on any atom is 0.393 e. The van der Waals surface area contributed by atoms with Gasteiger partial charge in [-0.15, -0.1) is 0 Å². The summed E-state index contributed by atoms with van der Waals surface area (Å²) in [5.74, 6) is -4.89. The van der Waals surface area contributed by atoms with Gasteiger partial charge in [-0.05, 0) is 35.6 Å². The number of allylic oxidation sites excluding steroid dienone is 1. The van der Waals surface area contributed by atoms with Crippen LogP contribution in [0.5, 0.6) is 0 Å². The highest BCUT2D eigenvalue weighted by atomic mass is 19.4. The topological polar surface area (TPSA) is 33.2 Å². The van der Waals surface area contributed by atoms with Crippen molar-refractivity contribution >= 4 is 5.91 Å². The largest absolute Gasteiger partial charge is 0.393 e. The monoisotopic (exact) mass is 440 g/mol. The molecular weight excluding hydrogens is 415 g/mol. The van der Waals surface area contributed by atoms with E-state index in [-0.39, 0.29) is 11.5 Å². The molecule has 1 aromatic heterocycles. The van der Waals surface area contributed by atoms with Crippen LogP contribution >= 0.6 is 0 Å². The van der Waals surface area contributed by atoms with Crippen LogP contribution in [0.4, 0.5) is 22.0 Å². The average Bonchev–Trinajstić information content (AvgIpc) is 2.65. The Hall–Kier alpha value is -2.77. The SMILES string of the molecule is C=C(C)N(C)C(=O)[C@H](c1ccc(C(C)(F)F)nc1)[C@@H](C)c1cccc(CC(F)(F)F)c1. The highest BCUT2D eigenvalue weighted by Gasteiger charge is 2.33. The zero-order chi connectivity index (χ0) is 23.6. The lowest BCUT2D eigenvalue weighted by atomic mass is 9.81. The van der Waals surface area contributed by atoms with Gasteiger partial charge in [0.05, 0.1) is 12.3 Å². The summed E-state index contributed by atoms with van der Waals surface area (Å²) in [5, 5.41) is 0. The number of alkyl halides is 5. The van der Waals surface area contributed by atoms with E-state index in [1.54, 1.807) is 19.9 Å². The highest BCUT2D eigenvalue weighted by Crippen LogP contribution is 2.36. The zero-order valence-corrected chi connectivity index (χ0v) is 17.8. The summed E-state index contributed by atoms with van der Waals surface area (Å²) >= 11 is 0. The molecule has 1 aromatic carbocycles. The first-order valence-electron chi connectivity index (χ1n) is 9.63. The number of nitrogens with zero attached hydrogens (tertiary/aromatic N) is 2. The van der Waals surface area contributed by atoms with Gasteiger partial charge in [-0.1, -0.05) is 43.8 Å². The number of hydrogen-bond acceptors (Lipinski definition) is 2. The minimum absolute atomic E-state index is 0.0791. The second-order valence-electron chi connectivity index (χ2n) is 7.80. The summed E-state index contributed by atoms with van der Waals surface area (Å²) in [7, 11) is 1.53. The van der Waals surface area contributed by atoms with Gasteiger partial charge >= 0.3 is 6.18 Å². The van der Waals surface area contributed by atoms with Crippen LogP contribution < -0.4 is 0 Å². The van der Waals surface area contributed by atoms with Gasteiger partial charge < -0.3 is 4.90 Å². The standard InChI is InChI=1S/C23H25F5N2O/c1-14(2)30(5)21(31)20(18-9-10-19(29-13-18)22(4,24)25)15(3)17-8-6-7-16(11-17)12-23(26,27)28/h6-11,13,15,20H,1,12H2,2-5H3/t15-,20-/m0/s1. The predicted octanol–water partition coefficient (Wildman–Crippen LogP) is 6.18. The normalized spacial score (nSPS) is 14.1. The van der Waals surface area contributed by atoms with Crippen molar-refractivity contribution in [3.8, 4) is 0 Å². The Morgan fingerprint density at radius 1 is 1.13 bits per heavy atom. The van der Waals surface area contributed by atoms with Crippen LogP contribution in [0.2, 0.25) is 0 Å². The fraction of sp³-hybridized carbons (Fsp3) is 0.391. The van der Waals surface area contributed by atoms with E-state index in [1.807, 2.05) is 0 Å². The Morgan fingerprint density at radius 3 is 2.26 bits per heavy atom. The molecule has 0 N–H and O–H groups in total. The van der Waals surface area contributed by atoms with Crippen LogP contribution in [0.1, 0.15) is 55.0 Å². The molecule has 0 aliphatic heterocycles. The molecule has 0 aliphatic rings. The molecule has 168 valence electrons. The van der Waals surface area contributed by atoms with Crippen LogP contribution in [0.3, 0.4) is 0 Å². The molecule has 1 heterocycles. The summed E-state index contributed by atoms with van der Waals surface area (Å²) in [6.07, 6.45) is -4.22. The van der Waals surface area contributed by atoms with Gasteiger partial charge in [0, 0.05) is 25.9 Å². The van der Waals surface area contributed by atoms with Gasteiger partial charge in [-0.3, -0.25) is 9.78 Å². The number of benzene rings is 1. The Bertz CT molecular complexity index is 932. The Labute approximate surface area is 178 Å². The molecular formula is C23H25F5N2O. The molecule has 2 atom stereocenters. The molecule has 31 heavy (non-hydrogen) atoms.